The number of carboxylic acids is 1. The summed E-state index contributed by atoms with van der Waals surface area (Å²) in [7, 11) is -4.73. The highest BCUT2D eigenvalue weighted by molar-refractivity contribution is 7.47. The fourth-order valence-electron chi connectivity index (χ4n) is 5.70. The summed E-state index contributed by atoms with van der Waals surface area (Å²) in [6, 6.07) is -1.53. The number of phosphoric ester groups is 1. The molecule has 0 aromatic rings. The number of hydrogen-bond acceptors (Lipinski definition) is 9. The predicted octanol–water partition coefficient (Wildman–Crippen LogP) is 12.0. The van der Waals surface area contributed by atoms with E-state index in [4.69, 9.17) is 24.8 Å². The van der Waals surface area contributed by atoms with Gasteiger partial charge in [-0.05, 0) is 77.0 Å². The van der Waals surface area contributed by atoms with Crippen molar-refractivity contribution in [1.82, 2.24) is 0 Å². The number of carbonyl (C=O) groups excluding carboxylic acids is 2. The van der Waals surface area contributed by atoms with Gasteiger partial charge in [-0.2, -0.15) is 0 Å². The van der Waals surface area contributed by atoms with Crippen molar-refractivity contribution < 1.29 is 47.5 Å². The van der Waals surface area contributed by atoms with Crippen LogP contribution in [0.4, 0.5) is 0 Å². The third kappa shape index (κ3) is 40.0. The molecule has 3 atom stereocenters. The average molecular weight is 838 g/mol. The van der Waals surface area contributed by atoms with Crippen LogP contribution in [0.25, 0.3) is 0 Å². The Labute approximate surface area is 351 Å². The largest absolute Gasteiger partial charge is 0.480 e. The molecule has 0 aromatic heterocycles. The van der Waals surface area contributed by atoms with Crippen LogP contribution in [0, 0.1) is 0 Å². The Kier molecular flexibility index (Phi) is 38.9. The highest BCUT2D eigenvalue weighted by Gasteiger charge is 2.28. The first-order valence-corrected chi connectivity index (χ1v) is 23.8. The van der Waals surface area contributed by atoms with Crippen molar-refractivity contribution in [3.63, 3.8) is 0 Å². The van der Waals surface area contributed by atoms with Crippen molar-refractivity contribution in [2.24, 2.45) is 5.73 Å². The fourth-order valence-corrected chi connectivity index (χ4v) is 6.47. The lowest BCUT2D eigenvalue weighted by Gasteiger charge is -2.20. The monoisotopic (exact) mass is 838 g/mol. The zero-order valence-corrected chi connectivity index (χ0v) is 37.0. The number of unbranched alkanes of at least 4 members (excludes halogenated alkanes) is 17. The minimum absolute atomic E-state index is 0.149. The van der Waals surface area contributed by atoms with Gasteiger partial charge in [-0.1, -0.05) is 152 Å². The zero-order valence-electron chi connectivity index (χ0n) is 36.1. The van der Waals surface area contributed by atoms with E-state index in [0.717, 1.165) is 64.2 Å². The fraction of sp³-hybridized carbons (Fsp3) is 0.717. The molecule has 0 radical (unpaired) electrons. The Bertz CT molecular complexity index is 1210. The minimum Gasteiger partial charge on any atom is -0.480 e. The number of allylic oxidation sites excluding steroid dienone is 10. The first-order chi connectivity index (χ1) is 28.1. The number of esters is 2. The van der Waals surface area contributed by atoms with Crippen molar-refractivity contribution in [2.45, 2.75) is 193 Å². The Balaban J connectivity index is 4.41. The van der Waals surface area contributed by atoms with E-state index in [0.29, 0.717) is 12.8 Å². The zero-order chi connectivity index (χ0) is 42.8. The molecule has 0 aliphatic rings. The first-order valence-electron chi connectivity index (χ1n) is 22.3. The Hall–Kier alpha value is -2.82. The molecule has 0 heterocycles. The molecule has 58 heavy (non-hydrogen) atoms. The Morgan fingerprint density at radius 1 is 0.534 bits per heavy atom. The normalized spacial score (nSPS) is 14.3. The van der Waals surface area contributed by atoms with Crippen LogP contribution >= 0.6 is 7.82 Å². The van der Waals surface area contributed by atoms with Crippen molar-refractivity contribution in [3.8, 4) is 0 Å². The second-order valence-corrected chi connectivity index (χ2v) is 16.3. The van der Waals surface area contributed by atoms with Crippen molar-refractivity contribution in [3.05, 3.63) is 60.8 Å². The highest BCUT2D eigenvalue weighted by atomic mass is 31.2. The van der Waals surface area contributed by atoms with Crippen LogP contribution in [0.3, 0.4) is 0 Å². The number of ether oxygens (including phenoxy) is 2. The summed E-state index contributed by atoms with van der Waals surface area (Å²) in [6.07, 6.45) is 47.1. The minimum atomic E-state index is -4.73. The Morgan fingerprint density at radius 3 is 1.47 bits per heavy atom. The molecule has 0 amide bonds. The molecular weight excluding hydrogens is 757 g/mol. The molecule has 0 bridgehead atoms. The van der Waals surface area contributed by atoms with Gasteiger partial charge in [0.15, 0.2) is 6.10 Å². The summed E-state index contributed by atoms with van der Waals surface area (Å²) < 4.78 is 32.7. The molecule has 11 nitrogen and oxygen atoms in total. The topological polar surface area (TPSA) is 172 Å². The van der Waals surface area contributed by atoms with Gasteiger partial charge in [-0.3, -0.25) is 23.4 Å². The van der Waals surface area contributed by atoms with Gasteiger partial charge in [0.25, 0.3) is 0 Å². The third-order valence-electron chi connectivity index (χ3n) is 9.22. The number of rotatable bonds is 41. The molecule has 12 heteroatoms. The molecule has 334 valence electrons. The number of nitrogens with two attached hydrogens (primary N) is 1. The SMILES string of the molecule is CCC/C=C/C/C=C/C/C=C/C/C=C/CCCCCC(=O)OC[C@H](COP(=O)(O)OC[C@H](N)C(=O)O)OC(=O)CCCCCCCCCCC/C=C/CCCCCC. The molecular formula is C46H80NO10P. The molecule has 0 aliphatic carbocycles. The lowest BCUT2D eigenvalue weighted by molar-refractivity contribution is -0.161. The van der Waals surface area contributed by atoms with Gasteiger partial charge < -0.3 is 25.2 Å². The molecule has 0 saturated carbocycles. The number of phosphoric acid groups is 1. The van der Waals surface area contributed by atoms with Crippen LogP contribution in [0.2, 0.25) is 0 Å². The summed E-state index contributed by atoms with van der Waals surface area (Å²) in [5.41, 5.74) is 5.33. The van der Waals surface area contributed by atoms with Crippen LogP contribution in [0.1, 0.15) is 181 Å². The Morgan fingerprint density at radius 2 is 0.948 bits per heavy atom. The standard InChI is InChI=1S/C46H80NO10P/c1-3-5-7-9-11-13-15-17-19-21-23-25-27-29-31-33-35-37-44(48)54-39-42(40-55-58(52,53)56-41-43(47)46(50)51)57-45(49)38-36-34-32-30-28-26-24-22-20-18-16-14-12-10-8-6-4-2/h7,9,13-16,19,21,25,27,42-43H,3-6,8,10-12,17-18,20,22-24,26,28-41,47H2,1-2H3,(H,50,51)(H,52,53)/b9-7+,15-13+,16-14+,21-19+,27-25+/t42-,43+/m1/s1. The molecule has 0 saturated heterocycles. The molecule has 0 rings (SSSR count). The lowest BCUT2D eigenvalue weighted by Crippen LogP contribution is -2.34. The van der Waals surface area contributed by atoms with Gasteiger partial charge in [0.1, 0.15) is 12.6 Å². The van der Waals surface area contributed by atoms with E-state index >= 15 is 0 Å². The van der Waals surface area contributed by atoms with Crippen LogP contribution in [-0.2, 0) is 37.5 Å². The van der Waals surface area contributed by atoms with Gasteiger partial charge in [-0.25, -0.2) is 4.57 Å². The van der Waals surface area contributed by atoms with Crippen molar-refractivity contribution >= 4 is 25.7 Å². The van der Waals surface area contributed by atoms with Crippen molar-refractivity contribution in [1.29, 1.82) is 0 Å². The summed E-state index contributed by atoms with van der Waals surface area (Å²) >= 11 is 0. The third-order valence-corrected chi connectivity index (χ3v) is 10.2. The summed E-state index contributed by atoms with van der Waals surface area (Å²) in [5.74, 6) is -2.42. The van der Waals surface area contributed by atoms with E-state index in [2.05, 4.69) is 79.1 Å². The van der Waals surface area contributed by atoms with Gasteiger partial charge >= 0.3 is 25.7 Å². The van der Waals surface area contributed by atoms with Crippen LogP contribution in [0.5, 0.6) is 0 Å². The molecule has 0 aromatic carbocycles. The smallest absolute Gasteiger partial charge is 0.472 e. The first kappa shape index (κ1) is 55.2. The van der Waals surface area contributed by atoms with E-state index in [9.17, 15) is 23.8 Å². The maximum absolute atomic E-state index is 12.6. The number of carboxylic acid groups (broad SMARTS) is 1. The summed E-state index contributed by atoms with van der Waals surface area (Å²) in [6.45, 7) is 2.69. The maximum atomic E-state index is 12.6. The molecule has 1 unspecified atom stereocenters. The molecule has 0 aliphatic heterocycles. The van der Waals surface area contributed by atoms with Crippen LogP contribution < -0.4 is 5.73 Å². The van der Waals surface area contributed by atoms with Crippen LogP contribution in [-0.4, -0.2) is 59.9 Å². The highest BCUT2D eigenvalue weighted by Crippen LogP contribution is 2.43. The van der Waals surface area contributed by atoms with Gasteiger partial charge in [0.2, 0.25) is 0 Å². The van der Waals surface area contributed by atoms with Gasteiger partial charge in [-0.15, -0.1) is 0 Å². The second kappa shape index (κ2) is 40.9. The van der Waals surface area contributed by atoms with Gasteiger partial charge in [0, 0.05) is 12.8 Å². The summed E-state index contributed by atoms with van der Waals surface area (Å²) in [4.78, 5) is 46.0. The van der Waals surface area contributed by atoms with Gasteiger partial charge in [0.05, 0.1) is 13.2 Å². The summed E-state index contributed by atoms with van der Waals surface area (Å²) in [5, 5.41) is 8.89. The van der Waals surface area contributed by atoms with E-state index in [1.54, 1.807) is 0 Å². The molecule has 0 spiro atoms. The lowest BCUT2D eigenvalue weighted by atomic mass is 10.1. The number of carbonyl (C=O) groups is 3. The number of aliphatic carboxylic acids is 1. The van der Waals surface area contributed by atoms with Crippen LogP contribution in [0.15, 0.2) is 60.8 Å². The average Bonchev–Trinajstić information content (AvgIpc) is 3.20. The van der Waals surface area contributed by atoms with E-state index in [1.165, 1.54) is 77.0 Å². The van der Waals surface area contributed by atoms with E-state index in [-0.39, 0.29) is 19.4 Å². The number of hydrogen-bond donors (Lipinski definition) is 3. The van der Waals surface area contributed by atoms with Crippen molar-refractivity contribution in [2.75, 3.05) is 19.8 Å². The van der Waals surface area contributed by atoms with E-state index < -0.39 is 51.1 Å². The molecule has 0 fully saturated rings. The predicted molar refractivity (Wildman–Crippen MR) is 235 cm³/mol. The quantitative estimate of drug-likeness (QED) is 0.0231. The molecule has 4 N–H and O–H groups in total. The second-order valence-electron chi connectivity index (χ2n) is 14.8. The van der Waals surface area contributed by atoms with E-state index in [1.807, 2.05) is 0 Å². The maximum Gasteiger partial charge on any atom is 0.472 e.